The lowest BCUT2D eigenvalue weighted by molar-refractivity contribution is -0.383. The molecule has 2 heterocycles. The number of esters is 5. The number of carbonyl (C=O) groups excluding carboxylic acids is 5. The molecule has 6 N–H and O–H groups in total. The van der Waals surface area contributed by atoms with Gasteiger partial charge in [-0.1, -0.05) is 24.3 Å². The number of phenols is 3. The third-order valence-corrected chi connectivity index (χ3v) is 9.77. The molecule has 0 spiro atoms. The number of aliphatic hydroxyl groups is 3. The second kappa shape index (κ2) is 22.7. The van der Waals surface area contributed by atoms with Crippen molar-refractivity contribution < 1.29 is 102 Å². The van der Waals surface area contributed by atoms with Crippen molar-refractivity contribution in [3.63, 3.8) is 0 Å². The Kier molecular flexibility index (Phi) is 17.2. The minimum Gasteiger partial charge on any atom is -0.508 e. The molecule has 2 aliphatic rings. The van der Waals surface area contributed by atoms with Crippen molar-refractivity contribution >= 4 is 48.1 Å². The summed E-state index contributed by atoms with van der Waals surface area (Å²) in [5.41, 5.74) is 1.23. The molecule has 0 amide bonds. The van der Waals surface area contributed by atoms with E-state index in [1.807, 2.05) is 0 Å². The van der Waals surface area contributed by atoms with E-state index >= 15 is 0 Å². The van der Waals surface area contributed by atoms with Gasteiger partial charge in [-0.05, 0) is 71.3 Å². The summed E-state index contributed by atoms with van der Waals surface area (Å²) in [6.45, 7) is -0.496. The first-order chi connectivity index (χ1) is 31.4. The van der Waals surface area contributed by atoms with Crippen molar-refractivity contribution in [1.29, 1.82) is 0 Å². The van der Waals surface area contributed by atoms with Crippen LogP contribution in [-0.2, 0) is 61.9 Å². The number of hydrogen-bond donors (Lipinski definition) is 6. The molecule has 21 heteroatoms. The highest BCUT2D eigenvalue weighted by Gasteiger charge is 2.62. The lowest BCUT2D eigenvalue weighted by Crippen LogP contribution is -2.64. The van der Waals surface area contributed by atoms with E-state index < -0.39 is 104 Å². The largest absolute Gasteiger partial charge is 0.508 e. The third kappa shape index (κ3) is 13.3. The molecule has 0 radical (unpaired) electrons. The molecule has 66 heavy (non-hydrogen) atoms. The smallest absolute Gasteiger partial charge is 0.331 e. The van der Waals surface area contributed by atoms with Gasteiger partial charge in [0, 0.05) is 32.1 Å². The summed E-state index contributed by atoms with van der Waals surface area (Å²) >= 11 is 0. The number of phenolic OH excluding ortho intramolecular Hbond substituents is 3. The van der Waals surface area contributed by atoms with E-state index in [2.05, 4.69) is 0 Å². The number of methoxy groups -OCH3 is 2. The van der Waals surface area contributed by atoms with Crippen LogP contribution in [0.25, 0.3) is 18.2 Å². The maximum absolute atomic E-state index is 13.6. The first kappa shape index (κ1) is 50.0. The SMILES string of the molecule is COc1cc(/C=C/C(=O)OC[C@H]2O[C@@](COC(=O)/C=C/c3ccc(O)cc3)(O[C@H]3O[C@H](COC(C)=O)[C@@H](O)[C@H](O)[C@H]3OC(C)=O)[C@@H](OC(=O)/C=C/c3ccc(O)c(OC)c3)[C@@H]2O)ccc1O. The van der Waals surface area contributed by atoms with Gasteiger partial charge < -0.3 is 78.0 Å². The molecule has 0 aromatic heterocycles. The van der Waals surface area contributed by atoms with Gasteiger partial charge in [-0.2, -0.15) is 0 Å². The Morgan fingerprint density at radius 2 is 1.15 bits per heavy atom. The van der Waals surface area contributed by atoms with Gasteiger partial charge in [0.25, 0.3) is 0 Å². The summed E-state index contributed by atoms with van der Waals surface area (Å²) in [5, 5.41) is 63.5. The van der Waals surface area contributed by atoms with Crippen molar-refractivity contribution in [3.05, 3.63) is 95.6 Å². The van der Waals surface area contributed by atoms with Crippen LogP contribution >= 0.6 is 0 Å². The molecule has 3 aromatic rings. The Labute approximate surface area is 376 Å². The highest BCUT2D eigenvalue weighted by atomic mass is 16.8. The van der Waals surface area contributed by atoms with E-state index in [-0.39, 0.29) is 28.7 Å². The Morgan fingerprint density at radius 3 is 1.71 bits per heavy atom. The lowest BCUT2D eigenvalue weighted by Gasteiger charge is -2.44. The number of rotatable bonds is 18. The number of hydrogen-bond acceptors (Lipinski definition) is 21. The molecule has 2 aliphatic heterocycles. The van der Waals surface area contributed by atoms with Crippen molar-refractivity contribution in [3.8, 4) is 28.7 Å². The molecule has 0 bridgehead atoms. The Morgan fingerprint density at radius 1 is 0.621 bits per heavy atom. The fourth-order valence-corrected chi connectivity index (χ4v) is 6.51. The number of aliphatic hydroxyl groups excluding tert-OH is 3. The fraction of sp³-hybridized carbons (Fsp3) is 0.356. The quantitative estimate of drug-likeness (QED) is 0.0601. The van der Waals surface area contributed by atoms with Gasteiger partial charge in [-0.25, -0.2) is 14.4 Å². The monoisotopic (exact) mass is 924 g/mol. The van der Waals surface area contributed by atoms with Crippen LogP contribution < -0.4 is 9.47 Å². The third-order valence-electron chi connectivity index (χ3n) is 9.77. The predicted molar refractivity (Wildman–Crippen MR) is 224 cm³/mol. The van der Waals surface area contributed by atoms with E-state index in [0.29, 0.717) is 16.7 Å². The second-order valence-corrected chi connectivity index (χ2v) is 14.5. The van der Waals surface area contributed by atoms with Gasteiger partial charge in [-0.3, -0.25) is 9.59 Å². The zero-order valence-corrected chi connectivity index (χ0v) is 35.8. The van der Waals surface area contributed by atoms with E-state index in [9.17, 15) is 54.6 Å². The molecule has 2 saturated heterocycles. The number of carbonyl (C=O) groups is 5. The van der Waals surface area contributed by atoms with Crippen LogP contribution in [0.4, 0.5) is 0 Å². The molecule has 5 rings (SSSR count). The summed E-state index contributed by atoms with van der Waals surface area (Å²) in [7, 11) is 2.64. The number of ether oxygens (including phenoxy) is 10. The summed E-state index contributed by atoms with van der Waals surface area (Å²) in [6.07, 6.45) is -8.29. The molecule has 9 atom stereocenters. The van der Waals surface area contributed by atoms with Gasteiger partial charge in [0.1, 0.15) is 56.1 Å². The first-order valence-corrected chi connectivity index (χ1v) is 19.9. The summed E-state index contributed by atoms with van der Waals surface area (Å²) in [6, 6.07) is 14.1. The van der Waals surface area contributed by atoms with Crippen LogP contribution in [0.3, 0.4) is 0 Å². The minimum absolute atomic E-state index is 0.0389. The average Bonchev–Trinajstić information content (AvgIpc) is 3.54. The van der Waals surface area contributed by atoms with Gasteiger partial charge in [0.05, 0.1) is 14.2 Å². The van der Waals surface area contributed by atoms with Crippen LogP contribution in [0.15, 0.2) is 78.9 Å². The van der Waals surface area contributed by atoms with Gasteiger partial charge in [0.2, 0.25) is 12.1 Å². The molecular weight excluding hydrogens is 876 g/mol. The highest BCUT2D eigenvalue weighted by molar-refractivity contribution is 5.88. The number of aromatic hydroxyl groups is 3. The molecule has 21 nitrogen and oxygen atoms in total. The summed E-state index contributed by atoms with van der Waals surface area (Å²) in [5.74, 6) is -7.90. The minimum atomic E-state index is -2.71. The van der Waals surface area contributed by atoms with E-state index in [1.54, 1.807) is 0 Å². The van der Waals surface area contributed by atoms with Crippen molar-refractivity contribution in [2.75, 3.05) is 34.0 Å². The zero-order valence-electron chi connectivity index (χ0n) is 35.8. The molecule has 0 aliphatic carbocycles. The Bertz CT molecular complexity index is 2290. The summed E-state index contributed by atoms with van der Waals surface area (Å²) < 4.78 is 55.4. The van der Waals surface area contributed by atoms with Crippen LogP contribution in [0.5, 0.6) is 28.7 Å². The molecule has 354 valence electrons. The topological polar surface area (TPSA) is 299 Å². The average molecular weight is 925 g/mol. The standard InChI is InChI=1S/C45H48O21/c1-24(46)59-21-34-39(54)41(56)42(62-25(2)47)44(63-34)66-45(23-61-37(52)16-9-26-5-12-29(48)13-6-26)43(64-38(53)18-11-28-8-15-31(50)33(20-28)58-4)40(55)35(65-45)22-60-36(51)17-10-27-7-14-30(49)32(19-27)57-3/h5-20,34-35,39-44,48-50,54-56H,21-23H2,1-4H3/b16-9+,17-10+,18-11+/t34-,35-,39-,40-,41+,42-,43+,44-,45+/m1/s1. The van der Waals surface area contributed by atoms with E-state index in [1.165, 1.54) is 93.1 Å². The number of benzene rings is 3. The van der Waals surface area contributed by atoms with Gasteiger partial charge >= 0.3 is 29.8 Å². The van der Waals surface area contributed by atoms with Crippen LogP contribution in [0.2, 0.25) is 0 Å². The highest BCUT2D eigenvalue weighted by Crippen LogP contribution is 2.40. The van der Waals surface area contributed by atoms with Crippen LogP contribution in [0, 0.1) is 0 Å². The van der Waals surface area contributed by atoms with E-state index in [4.69, 9.17) is 47.4 Å². The maximum atomic E-state index is 13.6. The van der Waals surface area contributed by atoms with Crippen molar-refractivity contribution in [2.24, 2.45) is 0 Å². The predicted octanol–water partition coefficient (Wildman–Crippen LogP) is 1.67. The lowest BCUT2D eigenvalue weighted by atomic mass is 9.98. The van der Waals surface area contributed by atoms with Gasteiger partial charge in [0.15, 0.2) is 35.2 Å². The first-order valence-electron chi connectivity index (χ1n) is 19.9. The van der Waals surface area contributed by atoms with Crippen molar-refractivity contribution in [1.82, 2.24) is 0 Å². The Hall–Kier alpha value is -7.01. The molecule has 2 fully saturated rings. The second-order valence-electron chi connectivity index (χ2n) is 14.5. The fourth-order valence-electron chi connectivity index (χ4n) is 6.51. The van der Waals surface area contributed by atoms with Crippen LogP contribution in [-0.4, -0.2) is 149 Å². The molecule has 3 aromatic carbocycles. The van der Waals surface area contributed by atoms with Gasteiger partial charge in [-0.15, -0.1) is 0 Å². The normalized spacial score (nSPS) is 25.1. The molecule has 0 unspecified atom stereocenters. The molecular formula is C45H48O21. The zero-order chi connectivity index (χ0) is 48.1. The maximum Gasteiger partial charge on any atom is 0.331 e. The molecule has 0 saturated carbocycles. The van der Waals surface area contributed by atoms with Crippen molar-refractivity contribution in [2.45, 2.75) is 68.7 Å². The Balaban J connectivity index is 1.52. The van der Waals surface area contributed by atoms with Crippen LogP contribution in [0.1, 0.15) is 30.5 Å². The van der Waals surface area contributed by atoms with E-state index in [0.717, 1.165) is 32.1 Å². The summed E-state index contributed by atoms with van der Waals surface area (Å²) in [4.78, 5) is 63.9.